The standard InChI is InChI=1S/C34H27N3O7/c1-18-4-2-7-25-26(34(41)44-17-28(38)20-5-3-6-24(15-20)37(42)43)16-27(35-31(18)25)19-10-12-23(13-11-19)36-32(39)29-21-8-9-22(14-21)30(29)33(36)40/h2-7,10-13,15-16,21-22,29-30H,8-9,14,17H2,1H3. The van der Waals surface area contributed by atoms with Gasteiger partial charge in [0.1, 0.15) is 0 Å². The Labute approximate surface area is 251 Å². The van der Waals surface area contributed by atoms with Crippen LogP contribution in [0.15, 0.2) is 72.8 Å². The summed E-state index contributed by atoms with van der Waals surface area (Å²) in [6, 6.07) is 19.2. The zero-order chi connectivity index (χ0) is 30.7. The Bertz CT molecular complexity index is 1870. The molecule has 2 saturated carbocycles. The van der Waals surface area contributed by atoms with E-state index in [0.29, 0.717) is 39.7 Å². The number of esters is 1. The summed E-state index contributed by atoms with van der Waals surface area (Å²) >= 11 is 0. The first-order valence-electron chi connectivity index (χ1n) is 14.5. The van der Waals surface area contributed by atoms with E-state index in [-0.39, 0.29) is 40.5 Å². The minimum absolute atomic E-state index is 0.0643. The van der Waals surface area contributed by atoms with Crippen LogP contribution in [0.4, 0.5) is 11.4 Å². The highest BCUT2D eigenvalue weighted by Crippen LogP contribution is 2.56. The van der Waals surface area contributed by atoms with Gasteiger partial charge in [0.2, 0.25) is 17.6 Å². The Morgan fingerprint density at radius 1 is 0.955 bits per heavy atom. The number of hydrogen-bond acceptors (Lipinski definition) is 8. The molecule has 3 aromatic carbocycles. The Morgan fingerprint density at radius 3 is 2.32 bits per heavy atom. The monoisotopic (exact) mass is 589 g/mol. The molecule has 44 heavy (non-hydrogen) atoms. The normalized spacial score (nSPS) is 22.0. The van der Waals surface area contributed by atoms with Crippen LogP contribution in [0.3, 0.4) is 0 Å². The fourth-order valence-electron chi connectivity index (χ4n) is 7.24. The predicted octanol–water partition coefficient (Wildman–Crippen LogP) is 5.69. The first kappa shape index (κ1) is 27.6. The van der Waals surface area contributed by atoms with Crippen LogP contribution < -0.4 is 4.90 Å². The summed E-state index contributed by atoms with van der Waals surface area (Å²) in [5.41, 5.74) is 3.11. The quantitative estimate of drug-likeness (QED) is 0.0881. The third kappa shape index (κ3) is 4.45. The van der Waals surface area contributed by atoms with E-state index in [0.717, 1.165) is 30.9 Å². The van der Waals surface area contributed by atoms with Gasteiger partial charge in [-0.2, -0.15) is 0 Å². The van der Waals surface area contributed by atoms with Crippen LogP contribution >= 0.6 is 0 Å². The number of ketones is 1. The van der Waals surface area contributed by atoms with Gasteiger partial charge in [-0.1, -0.05) is 42.5 Å². The number of hydrogen-bond donors (Lipinski definition) is 0. The van der Waals surface area contributed by atoms with Gasteiger partial charge in [-0.25, -0.2) is 9.78 Å². The van der Waals surface area contributed by atoms with Gasteiger partial charge < -0.3 is 4.74 Å². The maximum Gasteiger partial charge on any atom is 0.339 e. The maximum atomic E-state index is 13.3. The van der Waals surface area contributed by atoms with Crippen LogP contribution in [0.1, 0.15) is 45.5 Å². The molecule has 220 valence electrons. The van der Waals surface area contributed by atoms with E-state index in [4.69, 9.17) is 9.72 Å². The smallest absolute Gasteiger partial charge is 0.339 e. The summed E-state index contributed by atoms with van der Waals surface area (Å²) in [6.45, 7) is 1.28. The van der Waals surface area contributed by atoms with E-state index in [1.807, 2.05) is 13.0 Å². The van der Waals surface area contributed by atoms with E-state index in [1.54, 1.807) is 42.5 Å². The summed E-state index contributed by atoms with van der Waals surface area (Å²) in [5, 5.41) is 11.6. The molecule has 2 heterocycles. The molecule has 3 fully saturated rings. The molecule has 1 aliphatic heterocycles. The number of benzene rings is 3. The topological polar surface area (TPSA) is 137 Å². The van der Waals surface area contributed by atoms with Crippen molar-refractivity contribution in [3.8, 4) is 11.3 Å². The van der Waals surface area contributed by atoms with E-state index in [1.165, 1.54) is 23.1 Å². The molecule has 0 spiro atoms. The van der Waals surface area contributed by atoms with E-state index < -0.39 is 23.3 Å². The molecule has 4 aromatic rings. The number of carbonyl (C=O) groups is 4. The molecule has 10 heteroatoms. The summed E-state index contributed by atoms with van der Waals surface area (Å²) in [7, 11) is 0. The number of pyridine rings is 1. The van der Waals surface area contributed by atoms with Gasteiger partial charge in [-0.05, 0) is 61.8 Å². The number of carbonyl (C=O) groups excluding carboxylic acids is 4. The van der Waals surface area contributed by atoms with E-state index in [2.05, 4.69) is 0 Å². The molecular weight excluding hydrogens is 562 g/mol. The van der Waals surface area contributed by atoms with Crippen LogP contribution in [0.5, 0.6) is 0 Å². The number of nitrogens with zero attached hydrogens (tertiary/aromatic N) is 3. The number of para-hydroxylation sites is 1. The average Bonchev–Trinajstić information content (AvgIpc) is 3.73. The van der Waals surface area contributed by atoms with Gasteiger partial charge in [0.05, 0.1) is 39.2 Å². The Kier molecular flexibility index (Phi) is 6.57. The highest BCUT2D eigenvalue weighted by atomic mass is 16.6. The second kappa shape index (κ2) is 10.5. The molecular formula is C34H27N3O7. The molecule has 4 unspecified atom stereocenters. The van der Waals surface area contributed by atoms with Crippen molar-refractivity contribution in [1.29, 1.82) is 0 Å². The number of nitro groups is 1. The molecule has 2 bridgehead atoms. The first-order valence-corrected chi connectivity index (χ1v) is 14.5. The molecule has 10 nitrogen and oxygen atoms in total. The number of non-ortho nitro benzene ring substituents is 1. The summed E-state index contributed by atoms with van der Waals surface area (Å²) in [5.74, 6) is -1.34. The second-order valence-corrected chi connectivity index (χ2v) is 11.8. The zero-order valence-corrected chi connectivity index (χ0v) is 23.8. The third-order valence-electron chi connectivity index (χ3n) is 9.32. The highest BCUT2D eigenvalue weighted by Gasteiger charge is 2.61. The van der Waals surface area contributed by atoms with E-state index in [9.17, 15) is 29.3 Å². The van der Waals surface area contributed by atoms with E-state index >= 15 is 0 Å². The summed E-state index contributed by atoms with van der Waals surface area (Å²) < 4.78 is 5.38. The zero-order valence-electron chi connectivity index (χ0n) is 23.8. The minimum Gasteiger partial charge on any atom is -0.454 e. The lowest BCUT2D eigenvalue weighted by Gasteiger charge is -2.19. The molecule has 1 aromatic heterocycles. The molecule has 1 saturated heterocycles. The van der Waals surface area contributed by atoms with Crippen LogP contribution in [0.25, 0.3) is 22.2 Å². The number of aromatic nitrogens is 1. The van der Waals surface area contributed by atoms with Gasteiger partial charge in [-0.15, -0.1) is 0 Å². The molecule has 3 aliphatic rings. The summed E-state index contributed by atoms with van der Waals surface area (Å²) in [4.78, 5) is 69.2. The highest BCUT2D eigenvalue weighted by molar-refractivity contribution is 6.22. The van der Waals surface area contributed by atoms with Crippen molar-refractivity contribution in [2.75, 3.05) is 11.5 Å². The Morgan fingerprint density at radius 2 is 1.64 bits per heavy atom. The number of Topliss-reactive ketones (excluding diaryl/α,β-unsaturated/α-hetero) is 1. The van der Waals surface area contributed by atoms with Crippen molar-refractivity contribution in [2.24, 2.45) is 23.7 Å². The number of imide groups is 1. The van der Waals surface area contributed by atoms with Crippen molar-refractivity contribution >= 4 is 45.8 Å². The maximum absolute atomic E-state index is 13.3. The Hall–Kier alpha value is -5.25. The van der Waals surface area contributed by atoms with Crippen molar-refractivity contribution in [3.63, 3.8) is 0 Å². The van der Waals surface area contributed by atoms with Crippen LogP contribution in [-0.4, -0.2) is 40.1 Å². The lowest BCUT2D eigenvalue weighted by atomic mass is 9.81. The van der Waals surface area contributed by atoms with Crippen molar-refractivity contribution in [2.45, 2.75) is 26.2 Å². The van der Waals surface area contributed by atoms with Crippen molar-refractivity contribution in [1.82, 2.24) is 4.98 Å². The number of rotatable bonds is 7. The number of anilines is 1. The Balaban J connectivity index is 1.16. The van der Waals surface area contributed by atoms with Crippen LogP contribution in [-0.2, 0) is 14.3 Å². The van der Waals surface area contributed by atoms with Gasteiger partial charge in [0, 0.05) is 28.6 Å². The fraction of sp³-hybridized carbons (Fsp3) is 0.265. The first-order chi connectivity index (χ1) is 21.2. The lowest BCUT2D eigenvalue weighted by molar-refractivity contribution is -0.384. The second-order valence-electron chi connectivity index (χ2n) is 11.8. The van der Waals surface area contributed by atoms with Gasteiger partial charge in [-0.3, -0.25) is 29.4 Å². The molecule has 0 radical (unpaired) electrons. The van der Waals surface area contributed by atoms with Crippen molar-refractivity contribution in [3.05, 3.63) is 99.6 Å². The minimum atomic E-state index is -0.742. The largest absolute Gasteiger partial charge is 0.454 e. The van der Waals surface area contributed by atoms with Crippen LogP contribution in [0, 0.1) is 40.7 Å². The number of nitro benzene ring substituents is 1. The third-order valence-corrected chi connectivity index (χ3v) is 9.32. The van der Waals surface area contributed by atoms with Gasteiger partial charge >= 0.3 is 5.97 Å². The molecule has 2 amide bonds. The molecule has 4 atom stereocenters. The predicted molar refractivity (Wildman–Crippen MR) is 160 cm³/mol. The van der Waals surface area contributed by atoms with Crippen LogP contribution in [0.2, 0.25) is 0 Å². The van der Waals surface area contributed by atoms with Gasteiger partial charge in [0.15, 0.2) is 6.61 Å². The molecule has 0 N–H and O–H groups in total. The lowest BCUT2D eigenvalue weighted by Crippen LogP contribution is -2.32. The van der Waals surface area contributed by atoms with Crippen molar-refractivity contribution < 1.29 is 28.8 Å². The fourth-order valence-corrected chi connectivity index (χ4v) is 7.24. The molecule has 7 rings (SSSR count). The number of amides is 2. The average molecular weight is 590 g/mol. The summed E-state index contributed by atoms with van der Waals surface area (Å²) in [6.07, 6.45) is 3.00. The SMILES string of the molecule is Cc1cccc2c(C(=O)OCC(=O)c3cccc([N+](=O)[O-])c3)cc(-c3ccc(N4C(=O)C5C6CCC(C6)C5C4=O)cc3)nc12. The number of ether oxygens (including phenoxy) is 1. The number of aryl methyl sites for hydroxylation is 1. The number of fused-ring (bicyclic) bond motifs is 6. The van der Waals surface area contributed by atoms with Gasteiger partial charge in [0.25, 0.3) is 5.69 Å². The molecule has 2 aliphatic carbocycles.